The maximum absolute atomic E-state index is 9.36. The molecule has 1 saturated heterocycles. The van der Waals surface area contributed by atoms with Gasteiger partial charge in [0.15, 0.2) is 5.82 Å². The van der Waals surface area contributed by atoms with Crippen LogP contribution in [0.5, 0.6) is 0 Å². The fourth-order valence-corrected chi connectivity index (χ4v) is 2.58. The molecule has 2 atom stereocenters. The summed E-state index contributed by atoms with van der Waals surface area (Å²) in [5, 5.41) is 17.8. The van der Waals surface area contributed by atoms with Crippen molar-refractivity contribution in [3.8, 4) is 6.07 Å². The van der Waals surface area contributed by atoms with E-state index in [1.165, 1.54) is 0 Å². The molecule has 0 saturated carbocycles. The van der Waals surface area contributed by atoms with Gasteiger partial charge in [-0.25, -0.2) is 0 Å². The summed E-state index contributed by atoms with van der Waals surface area (Å²) in [5.74, 6) is 1.18. The second kappa shape index (κ2) is 5.54. The van der Waals surface area contributed by atoms with E-state index in [1.807, 2.05) is 20.8 Å². The lowest BCUT2D eigenvalue weighted by Crippen LogP contribution is -2.43. The Morgan fingerprint density at radius 1 is 1.42 bits per heavy atom. The van der Waals surface area contributed by atoms with Crippen molar-refractivity contribution in [2.24, 2.45) is 11.7 Å². The van der Waals surface area contributed by atoms with Gasteiger partial charge in [0.2, 0.25) is 0 Å². The second-order valence-electron chi connectivity index (χ2n) is 5.43. The monoisotopic (exact) mass is 259 g/mol. The van der Waals surface area contributed by atoms with Crippen molar-refractivity contribution >= 4 is 5.82 Å². The molecule has 102 valence electrons. The van der Waals surface area contributed by atoms with E-state index in [1.54, 1.807) is 0 Å². The van der Waals surface area contributed by atoms with Gasteiger partial charge in [-0.1, -0.05) is 0 Å². The fourth-order valence-electron chi connectivity index (χ4n) is 2.58. The molecule has 1 fully saturated rings. The number of rotatable bonds is 2. The molecule has 0 aliphatic carbocycles. The van der Waals surface area contributed by atoms with Crippen molar-refractivity contribution in [3.05, 3.63) is 16.8 Å². The number of aryl methyl sites for hydroxylation is 1. The number of nitrogens with zero attached hydrogens (tertiary/aromatic N) is 4. The van der Waals surface area contributed by atoms with E-state index >= 15 is 0 Å². The van der Waals surface area contributed by atoms with Crippen LogP contribution in [0.2, 0.25) is 0 Å². The highest BCUT2D eigenvalue weighted by Crippen LogP contribution is 2.27. The van der Waals surface area contributed by atoms with Gasteiger partial charge in [-0.05, 0) is 45.1 Å². The standard InChI is InChI=1S/C14H21N5/c1-9-11(3)17-18-14(13(9)7-15)19-6-4-5-12(8-19)10(2)16/h10,12H,4-6,8,16H2,1-3H3. The van der Waals surface area contributed by atoms with Crippen LogP contribution in [0.25, 0.3) is 0 Å². The molecule has 5 nitrogen and oxygen atoms in total. The Morgan fingerprint density at radius 3 is 2.79 bits per heavy atom. The highest BCUT2D eigenvalue weighted by atomic mass is 15.3. The SMILES string of the molecule is Cc1nnc(N2CCCC(C(C)N)C2)c(C#N)c1C. The van der Waals surface area contributed by atoms with E-state index in [-0.39, 0.29) is 6.04 Å². The zero-order valence-corrected chi connectivity index (χ0v) is 11.8. The Labute approximate surface area is 114 Å². The largest absolute Gasteiger partial charge is 0.354 e. The molecule has 2 N–H and O–H groups in total. The first-order valence-corrected chi connectivity index (χ1v) is 6.79. The van der Waals surface area contributed by atoms with Crippen LogP contribution in [0, 0.1) is 31.1 Å². The van der Waals surface area contributed by atoms with Gasteiger partial charge in [0.05, 0.1) is 5.69 Å². The highest BCUT2D eigenvalue weighted by Gasteiger charge is 2.26. The molecule has 1 aromatic rings. The molecular formula is C14H21N5. The smallest absolute Gasteiger partial charge is 0.169 e. The first-order valence-electron chi connectivity index (χ1n) is 6.79. The molecule has 0 spiro atoms. The molecule has 5 heteroatoms. The van der Waals surface area contributed by atoms with E-state index in [4.69, 9.17) is 5.73 Å². The predicted molar refractivity (Wildman–Crippen MR) is 74.8 cm³/mol. The summed E-state index contributed by atoms with van der Waals surface area (Å²) in [6.45, 7) is 7.65. The Kier molecular flexibility index (Phi) is 4.01. The molecular weight excluding hydrogens is 238 g/mol. The molecule has 1 aliphatic heterocycles. The molecule has 0 bridgehead atoms. The van der Waals surface area contributed by atoms with Crippen LogP contribution in [0.4, 0.5) is 5.82 Å². The van der Waals surface area contributed by atoms with Crippen LogP contribution >= 0.6 is 0 Å². The van der Waals surface area contributed by atoms with Crippen molar-refractivity contribution in [2.75, 3.05) is 18.0 Å². The van der Waals surface area contributed by atoms with Crippen LogP contribution in [-0.4, -0.2) is 29.3 Å². The molecule has 0 aromatic carbocycles. The number of hydrogen-bond acceptors (Lipinski definition) is 5. The molecule has 0 radical (unpaired) electrons. The number of anilines is 1. The zero-order chi connectivity index (χ0) is 14.0. The van der Waals surface area contributed by atoms with Crippen LogP contribution in [-0.2, 0) is 0 Å². The number of aromatic nitrogens is 2. The van der Waals surface area contributed by atoms with Gasteiger partial charge in [-0.15, -0.1) is 5.10 Å². The topological polar surface area (TPSA) is 78.8 Å². The van der Waals surface area contributed by atoms with Crippen LogP contribution in [0.1, 0.15) is 36.6 Å². The molecule has 0 amide bonds. The van der Waals surface area contributed by atoms with Gasteiger partial charge in [-0.3, -0.25) is 0 Å². The minimum absolute atomic E-state index is 0.174. The van der Waals surface area contributed by atoms with Crippen molar-refractivity contribution in [2.45, 2.75) is 39.7 Å². The third kappa shape index (κ3) is 2.69. The van der Waals surface area contributed by atoms with Gasteiger partial charge < -0.3 is 10.6 Å². The number of hydrogen-bond donors (Lipinski definition) is 1. The summed E-state index contributed by atoms with van der Waals surface area (Å²) in [5.41, 5.74) is 8.40. The lowest BCUT2D eigenvalue weighted by atomic mass is 9.92. The van der Waals surface area contributed by atoms with Gasteiger partial charge >= 0.3 is 0 Å². The molecule has 2 rings (SSSR count). The predicted octanol–water partition coefficient (Wildman–Crippen LogP) is 1.53. The summed E-state index contributed by atoms with van der Waals surface area (Å²) >= 11 is 0. The molecule has 19 heavy (non-hydrogen) atoms. The van der Waals surface area contributed by atoms with E-state index in [0.717, 1.165) is 43.0 Å². The van der Waals surface area contributed by atoms with Crippen LogP contribution < -0.4 is 10.6 Å². The molecule has 1 aromatic heterocycles. The average molecular weight is 259 g/mol. The summed E-state index contributed by atoms with van der Waals surface area (Å²) in [4.78, 5) is 2.16. The summed E-state index contributed by atoms with van der Waals surface area (Å²) in [6.07, 6.45) is 2.24. The Balaban J connectivity index is 2.32. The summed E-state index contributed by atoms with van der Waals surface area (Å²) in [6, 6.07) is 2.44. The van der Waals surface area contributed by atoms with E-state index in [0.29, 0.717) is 11.5 Å². The molecule has 1 aliphatic rings. The first-order chi connectivity index (χ1) is 9.04. The maximum Gasteiger partial charge on any atom is 0.169 e. The number of nitriles is 1. The normalized spacial score (nSPS) is 21.0. The lowest BCUT2D eigenvalue weighted by molar-refractivity contribution is 0.362. The van der Waals surface area contributed by atoms with E-state index in [2.05, 4.69) is 21.2 Å². The minimum Gasteiger partial charge on any atom is -0.354 e. The van der Waals surface area contributed by atoms with E-state index in [9.17, 15) is 5.26 Å². The summed E-state index contributed by atoms with van der Waals surface area (Å²) < 4.78 is 0. The van der Waals surface area contributed by atoms with Crippen molar-refractivity contribution in [1.29, 1.82) is 5.26 Å². The van der Waals surface area contributed by atoms with Gasteiger partial charge in [-0.2, -0.15) is 10.4 Å². The molecule has 2 heterocycles. The first kappa shape index (κ1) is 13.8. The molecule has 2 unspecified atom stereocenters. The average Bonchev–Trinajstić information content (AvgIpc) is 2.41. The van der Waals surface area contributed by atoms with Crippen molar-refractivity contribution < 1.29 is 0 Å². The zero-order valence-electron chi connectivity index (χ0n) is 11.8. The van der Waals surface area contributed by atoms with Gasteiger partial charge in [0.1, 0.15) is 11.6 Å². The van der Waals surface area contributed by atoms with Crippen molar-refractivity contribution in [3.63, 3.8) is 0 Å². The van der Waals surface area contributed by atoms with Gasteiger partial charge in [0, 0.05) is 19.1 Å². The Bertz CT molecular complexity index is 503. The quantitative estimate of drug-likeness (QED) is 0.871. The maximum atomic E-state index is 9.36. The minimum atomic E-state index is 0.174. The number of piperidine rings is 1. The fraction of sp³-hybridized carbons (Fsp3) is 0.643. The van der Waals surface area contributed by atoms with Crippen molar-refractivity contribution in [1.82, 2.24) is 10.2 Å². The van der Waals surface area contributed by atoms with Crippen LogP contribution in [0.15, 0.2) is 0 Å². The summed E-state index contributed by atoms with van der Waals surface area (Å²) in [7, 11) is 0. The van der Waals surface area contributed by atoms with E-state index < -0.39 is 0 Å². The van der Waals surface area contributed by atoms with Crippen LogP contribution in [0.3, 0.4) is 0 Å². The third-order valence-corrected chi connectivity index (χ3v) is 4.05. The highest BCUT2D eigenvalue weighted by molar-refractivity contribution is 5.57. The number of nitrogens with two attached hydrogens (primary N) is 1. The second-order valence-corrected chi connectivity index (χ2v) is 5.43. The third-order valence-electron chi connectivity index (χ3n) is 4.05. The lowest BCUT2D eigenvalue weighted by Gasteiger charge is -2.35. The Morgan fingerprint density at radius 2 is 2.16 bits per heavy atom. The Hall–Kier alpha value is -1.67. The van der Waals surface area contributed by atoms with Gasteiger partial charge in [0.25, 0.3) is 0 Å².